The molecular formula is C23H24N2O. The van der Waals surface area contributed by atoms with E-state index in [0.29, 0.717) is 6.61 Å². The molecule has 0 saturated heterocycles. The number of nitrogens with zero attached hydrogens (tertiary/aromatic N) is 2. The second-order valence-corrected chi connectivity index (χ2v) is 6.33. The van der Waals surface area contributed by atoms with E-state index in [1.54, 1.807) is 6.08 Å². The zero-order valence-electron chi connectivity index (χ0n) is 15.6. The maximum atomic E-state index is 5.29. The van der Waals surface area contributed by atoms with E-state index in [-0.39, 0.29) is 0 Å². The largest absolute Gasteiger partial charge is 0.391 e. The molecular weight excluding hydrogens is 320 g/mol. The monoisotopic (exact) mass is 344 g/mol. The van der Waals surface area contributed by atoms with Crippen molar-refractivity contribution in [1.29, 1.82) is 0 Å². The van der Waals surface area contributed by atoms with Crippen LogP contribution in [0.25, 0.3) is 16.9 Å². The minimum absolute atomic E-state index is 0.403. The third-order valence-electron chi connectivity index (χ3n) is 4.36. The fourth-order valence-electron chi connectivity index (χ4n) is 3.13. The first-order chi connectivity index (χ1) is 12.6. The topological polar surface area (TPSA) is 26.5 Å². The zero-order chi connectivity index (χ0) is 18.5. The molecule has 0 aliphatic carbocycles. The van der Waals surface area contributed by atoms with Crippen LogP contribution < -0.4 is 0 Å². The predicted molar refractivity (Wildman–Crippen MR) is 109 cm³/mol. The standard InChI is InChI=1S/C23H24N2O/c1-5-14-26-24-18(3)22-16-23(20-11-7-6-8-12-20)25(19(22)4)21-13-9-10-17(2)15-21/h5-13,15-16H,1,14H2,2-4H3/b24-18-. The van der Waals surface area contributed by atoms with Gasteiger partial charge in [-0.1, -0.05) is 60.3 Å². The summed E-state index contributed by atoms with van der Waals surface area (Å²) in [5, 5.41) is 4.24. The molecule has 0 aliphatic rings. The summed E-state index contributed by atoms with van der Waals surface area (Å²) in [5.74, 6) is 0. The Labute approximate surface area is 155 Å². The van der Waals surface area contributed by atoms with Gasteiger partial charge in [0.15, 0.2) is 0 Å². The first-order valence-electron chi connectivity index (χ1n) is 8.74. The fraction of sp³-hybridized carbons (Fsp3) is 0.174. The lowest BCUT2D eigenvalue weighted by Crippen LogP contribution is -2.02. The van der Waals surface area contributed by atoms with Crippen LogP contribution in [0.5, 0.6) is 0 Å². The van der Waals surface area contributed by atoms with Gasteiger partial charge in [0.1, 0.15) is 6.61 Å². The van der Waals surface area contributed by atoms with Crippen LogP contribution in [0.3, 0.4) is 0 Å². The van der Waals surface area contributed by atoms with Gasteiger partial charge in [0, 0.05) is 16.9 Å². The maximum Gasteiger partial charge on any atom is 0.135 e. The van der Waals surface area contributed by atoms with Crippen molar-refractivity contribution in [1.82, 2.24) is 4.57 Å². The molecule has 0 spiro atoms. The Balaban J connectivity index is 2.18. The average molecular weight is 344 g/mol. The SMILES string of the molecule is C=CCO/N=C(/C)c1cc(-c2ccccc2)n(-c2cccc(C)c2)c1C. The molecule has 0 atom stereocenters. The normalized spacial score (nSPS) is 11.4. The highest BCUT2D eigenvalue weighted by molar-refractivity contribution is 6.01. The van der Waals surface area contributed by atoms with Crippen molar-refractivity contribution in [2.45, 2.75) is 20.8 Å². The van der Waals surface area contributed by atoms with E-state index < -0.39 is 0 Å². The highest BCUT2D eigenvalue weighted by Crippen LogP contribution is 2.30. The highest BCUT2D eigenvalue weighted by Gasteiger charge is 2.17. The summed E-state index contributed by atoms with van der Waals surface area (Å²) in [6.45, 7) is 10.3. The number of aromatic nitrogens is 1. The summed E-state index contributed by atoms with van der Waals surface area (Å²) >= 11 is 0. The Bertz CT molecular complexity index is 936. The Morgan fingerprint density at radius 3 is 2.54 bits per heavy atom. The van der Waals surface area contributed by atoms with Gasteiger partial charge in [0.05, 0.1) is 11.4 Å². The van der Waals surface area contributed by atoms with Crippen LogP contribution in [0.4, 0.5) is 0 Å². The zero-order valence-corrected chi connectivity index (χ0v) is 15.6. The molecule has 1 heterocycles. The van der Waals surface area contributed by atoms with Crippen LogP contribution in [0, 0.1) is 13.8 Å². The molecule has 1 aromatic heterocycles. The minimum Gasteiger partial charge on any atom is -0.391 e. The lowest BCUT2D eigenvalue weighted by Gasteiger charge is -2.13. The number of rotatable bonds is 6. The Kier molecular flexibility index (Phi) is 5.37. The molecule has 2 aromatic carbocycles. The van der Waals surface area contributed by atoms with Crippen molar-refractivity contribution in [2.75, 3.05) is 6.61 Å². The Morgan fingerprint density at radius 1 is 1.08 bits per heavy atom. The lowest BCUT2D eigenvalue weighted by atomic mass is 10.1. The molecule has 0 saturated carbocycles. The summed E-state index contributed by atoms with van der Waals surface area (Å²) < 4.78 is 2.28. The van der Waals surface area contributed by atoms with E-state index in [1.165, 1.54) is 11.1 Å². The summed E-state index contributed by atoms with van der Waals surface area (Å²) in [7, 11) is 0. The molecule has 0 N–H and O–H groups in total. The van der Waals surface area contributed by atoms with Crippen molar-refractivity contribution in [2.24, 2.45) is 5.16 Å². The van der Waals surface area contributed by atoms with E-state index in [2.05, 4.69) is 84.7 Å². The molecule has 132 valence electrons. The molecule has 26 heavy (non-hydrogen) atoms. The lowest BCUT2D eigenvalue weighted by molar-refractivity contribution is 0.175. The number of aryl methyl sites for hydroxylation is 1. The van der Waals surface area contributed by atoms with Crippen molar-refractivity contribution in [3.8, 4) is 16.9 Å². The van der Waals surface area contributed by atoms with E-state index >= 15 is 0 Å². The van der Waals surface area contributed by atoms with Crippen LogP contribution in [0.1, 0.15) is 23.7 Å². The number of hydrogen-bond donors (Lipinski definition) is 0. The van der Waals surface area contributed by atoms with Crippen LogP contribution in [-0.4, -0.2) is 16.9 Å². The van der Waals surface area contributed by atoms with Gasteiger partial charge < -0.3 is 9.40 Å². The number of benzene rings is 2. The molecule has 3 nitrogen and oxygen atoms in total. The molecule has 0 amide bonds. The van der Waals surface area contributed by atoms with Gasteiger partial charge in [0.2, 0.25) is 0 Å². The Hall–Kier alpha value is -3.07. The molecule has 0 radical (unpaired) electrons. The van der Waals surface area contributed by atoms with Gasteiger partial charge in [-0.15, -0.1) is 0 Å². The van der Waals surface area contributed by atoms with Crippen molar-refractivity contribution < 1.29 is 4.84 Å². The van der Waals surface area contributed by atoms with E-state index in [9.17, 15) is 0 Å². The van der Waals surface area contributed by atoms with Gasteiger partial charge in [0.25, 0.3) is 0 Å². The average Bonchev–Trinajstić information content (AvgIpc) is 3.00. The first-order valence-corrected chi connectivity index (χ1v) is 8.74. The van der Waals surface area contributed by atoms with E-state index in [0.717, 1.165) is 28.4 Å². The minimum atomic E-state index is 0.403. The van der Waals surface area contributed by atoms with Crippen molar-refractivity contribution >= 4 is 5.71 Å². The van der Waals surface area contributed by atoms with E-state index in [4.69, 9.17) is 4.84 Å². The number of oxime groups is 1. The molecule has 0 unspecified atom stereocenters. The quantitative estimate of drug-likeness (QED) is 0.244. The summed E-state index contributed by atoms with van der Waals surface area (Å²) in [5.41, 5.74) is 7.76. The van der Waals surface area contributed by atoms with Crippen LogP contribution in [-0.2, 0) is 4.84 Å². The molecule has 0 fully saturated rings. The summed E-state index contributed by atoms with van der Waals surface area (Å²) in [4.78, 5) is 5.29. The fourth-order valence-corrected chi connectivity index (χ4v) is 3.13. The maximum absolute atomic E-state index is 5.29. The third-order valence-corrected chi connectivity index (χ3v) is 4.36. The molecule has 3 rings (SSSR count). The second-order valence-electron chi connectivity index (χ2n) is 6.33. The highest BCUT2D eigenvalue weighted by atomic mass is 16.6. The summed E-state index contributed by atoms with van der Waals surface area (Å²) in [6.07, 6.45) is 1.69. The molecule has 0 aliphatic heterocycles. The molecule has 0 bridgehead atoms. The van der Waals surface area contributed by atoms with E-state index in [1.807, 2.05) is 13.0 Å². The molecule has 3 heteroatoms. The van der Waals surface area contributed by atoms with Crippen LogP contribution >= 0.6 is 0 Å². The summed E-state index contributed by atoms with van der Waals surface area (Å²) in [6, 6.07) is 21.1. The van der Waals surface area contributed by atoms with Gasteiger partial charge in [-0.25, -0.2) is 0 Å². The second kappa shape index (κ2) is 7.87. The van der Waals surface area contributed by atoms with Crippen LogP contribution in [0.15, 0.2) is 78.5 Å². The molecule has 3 aromatic rings. The van der Waals surface area contributed by atoms with Gasteiger partial charge in [-0.3, -0.25) is 0 Å². The van der Waals surface area contributed by atoms with Crippen molar-refractivity contribution in [3.63, 3.8) is 0 Å². The van der Waals surface area contributed by atoms with Gasteiger partial charge in [-0.05, 0) is 50.1 Å². The van der Waals surface area contributed by atoms with Gasteiger partial charge >= 0.3 is 0 Å². The first kappa shape index (κ1) is 17.7. The van der Waals surface area contributed by atoms with Gasteiger partial charge in [-0.2, -0.15) is 0 Å². The third kappa shape index (κ3) is 3.62. The predicted octanol–water partition coefficient (Wildman–Crippen LogP) is 5.69. The Morgan fingerprint density at radius 2 is 1.85 bits per heavy atom. The van der Waals surface area contributed by atoms with Crippen LogP contribution in [0.2, 0.25) is 0 Å². The number of hydrogen-bond acceptors (Lipinski definition) is 2. The van der Waals surface area contributed by atoms with Crippen molar-refractivity contribution in [3.05, 3.63) is 90.1 Å². The smallest absolute Gasteiger partial charge is 0.135 e.